The van der Waals surface area contributed by atoms with Gasteiger partial charge in [-0.2, -0.15) is 0 Å². The molecule has 0 fully saturated rings. The van der Waals surface area contributed by atoms with E-state index in [4.69, 9.17) is 4.42 Å². The number of fused-ring (bicyclic) bond motifs is 2. The second-order valence-electron chi connectivity index (χ2n) is 8.01. The topological polar surface area (TPSA) is 53.8 Å². The van der Waals surface area contributed by atoms with Gasteiger partial charge in [0.2, 0.25) is 5.76 Å². The fourth-order valence-electron chi connectivity index (χ4n) is 4.32. The zero-order chi connectivity index (χ0) is 22.1. The number of benzene rings is 2. The number of amides is 1. The minimum absolute atomic E-state index is 0.136. The van der Waals surface area contributed by atoms with Crippen molar-refractivity contribution in [2.24, 2.45) is 0 Å². The van der Waals surface area contributed by atoms with Crippen molar-refractivity contribution in [1.29, 1.82) is 0 Å². The molecule has 3 aromatic rings. The summed E-state index contributed by atoms with van der Waals surface area (Å²) < 4.78 is 6.81. The van der Waals surface area contributed by atoms with Crippen LogP contribution in [0.5, 0.6) is 0 Å². The van der Waals surface area contributed by atoms with Gasteiger partial charge in [-0.3, -0.25) is 9.59 Å². The Hall–Kier alpha value is -2.44. The Morgan fingerprint density at radius 2 is 1.77 bits per heavy atom. The summed E-state index contributed by atoms with van der Waals surface area (Å²) in [6.07, 6.45) is 0.836. The molecule has 31 heavy (non-hydrogen) atoms. The summed E-state index contributed by atoms with van der Waals surface area (Å²) in [6.45, 7) is 9.74. The third-order valence-corrected chi connectivity index (χ3v) is 6.58. The molecule has 0 radical (unpaired) electrons. The number of aryl methyl sites for hydroxylation is 1. The molecule has 1 atom stereocenters. The van der Waals surface area contributed by atoms with E-state index in [2.05, 4.69) is 34.7 Å². The van der Waals surface area contributed by atoms with E-state index in [0.29, 0.717) is 23.1 Å². The largest absolute Gasteiger partial charge is 0.450 e. The average Bonchev–Trinajstić information content (AvgIpc) is 3.04. The molecule has 2 heterocycles. The third kappa shape index (κ3) is 4.06. The van der Waals surface area contributed by atoms with Crippen LogP contribution in [0.4, 0.5) is 0 Å². The van der Waals surface area contributed by atoms with Gasteiger partial charge in [-0.25, -0.2) is 0 Å². The molecule has 0 bridgehead atoms. The Kier molecular flexibility index (Phi) is 6.30. The molecule has 0 unspecified atom stereocenters. The summed E-state index contributed by atoms with van der Waals surface area (Å²) in [5.74, 6) is -0.0322. The van der Waals surface area contributed by atoms with E-state index in [1.54, 1.807) is 17.0 Å². The Morgan fingerprint density at radius 1 is 1.06 bits per heavy atom. The highest BCUT2D eigenvalue weighted by Gasteiger charge is 2.42. The molecule has 0 aliphatic carbocycles. The number of hydrogen-bond acceptors (Lipinski definition) is 4. The quantitative estimate of drug-likeness (QED) is 0.467. The first-order valence-electron chi connectivity index (χ1n) is 10.8. The SMILES string of the molecule is CCN(CC)CCCN1C(=O)c2oc3ccc(Br)cc3c(=O)c2[C@@H]1c1ccc(C)cc1. The van der Waals surface area contributed by atoms with Crippen molar-refractivity contribution in [2.75, 3.05) is 26.2 Å². The lowest BCUT2D eigenvalue weighted by atomic mass is 9.97. The lowest BCUT2D eigenvalue weighted by molar-refractivity contribution is 0.0720. The van der Waals surface area contributed by atoms with Crippen LogP contribution in [-0.4, -0.2) is 41.9 Å². The molecule has 0 N–H and O–H groups in total. The maximum absolute atomic E-state index is 13.5. The smallest absolute Gasteiger partial charge is 0.290 e. The summed E-state index contributed by atoms with van der Waals surface area (Å²) >= 11 is 3.44. The zero-order valence-corrected chi connectivity index (χ0v) is 19.7. The van der Waals surface area contributed by atoms with E-state index in [1.165, 1.54) is 0 Å². The summed E-state index contributed by atoms with van der Waals surface area (Å²) in [4.78, 5) is 31.1. The number of rotatable bonds is 7. The van der Waals surface area contributed by atoms with Crippen LogP contribution >= 0.6 is 15.9 Å². The lowest BCUT2D eigenvalue weighted by Gasteiger charge is -2.26. The van der Waals surface area contributed by atoms with Gasteiger partial charge in [-0.15, -0.1) is 0 Å². The summed E-state index contributed by atoms with van der Waals surface area (Å²) in [5.41, 5.74) is 2.82. The van der Waals surface area contributed by atoms with Crippen LogP contribution in [0.2, 0.25) is 0 Å². The van der Waals surface area contributed by atoms with Gasteiger partial charge in [0.25, 0.3) is 5.91 Å². The van der Waals surface area contributed by atoms with Crippen molar-refractivity contribution in [1.82, 2.24) is 9.80 Å². The number of hydrogen-bond donors (Lipinski definition) is 0. The zero-order valence-electron chi connectivity index (χ0n) is 18.2. The van der Waals surface area contributed by atoms with Crippen LogP contribution in [0.1, 0.15) is 53.6 Å². The Labute approximate surface area is 190 Å². The maximum atomic E-state index is 13.5. The van der Waals surface area contributed by atoms with Crippen molar-refractivity contribution >= 4 is 32.8 Å². The van der Waals surface area contributed by atoms with Crippen LogP contribution in [0.25, 0.3) is 11.0 Å². The Bertz CT molecular complexity index is 1170. The Morgan fingerprint density at radius 3 is 2.45 bits per heavy atom. The normalized spacial score (nSPS) is 15.8. The molecule has 4 rings (SSSR count). The van der Waals surface area contributed by atoms with Gasteiger partial charge in [0.1, 0.15) is 5.58 Å². The molecule has 6 heteroatoms. The monoisotopic (exact) mass is 482 g/mol. The third-order valence-electron chi connectivity index (χ3n) is 6.09. The van der Waals surface area contributed by atoms with Crippen LogP contribution in [-0.2, 0) is 0 Å². The molecule has 0 saturated heterocycles. The van der Waals surface area contributed by atoms with Gasteiger partial charge < -0.3 is 14.2 Å². The second-order valence-corrected chi connectivity index (χ2v) is 8.92. The molecule has 1 aliphatic rings. The predicted octanol–water partition coefficient (Wildman–Crippen LogP) is 5.14. The van der Waals surface area contributed by atoms with Crippen molar-refractivity contribution in [3.8, 4) is 0 Å². The standard InChI is InChI=1S/C25H27BrN2O3/c1-4-27(5-2)13-6-14-28-22(17-9-7-16(3)8-10-17)21-23(29)19-15-18(26)11-12-20(19)31-24(21)25(28)30/h7-12,15,22H,4-6,13-14H2,1-3H3/t22-/m0/s1. The number of carbonyl (C=O) groups is 1. The van der Waals surface area contributed by atoms with Crippen molar-refractivity contribution in [2.45, 2.75) is 33.2 Å². The molecule has 162 valence electrons. The molecule has 1 aliphatic heterocycles. The number of carbonyl (C=O) groups excluding carboxylic acids is 1. The van der Waals surface area contributed by atoms with Crippen LogP contribution < -0.4 is 5.43 Å². The van der Waals surface area contributed by atoms with E-state index in [-0.39, 0.29) is 17.1 Å². The van der Waals surface area contributed by atoms with Gasteiger partial charge in [0.05, 0.1) is 17.0 Å². The van der Waals surface area contributed by atoms with E-state index in [1.807, 2.05) is 37.3 Å². The van der Waals surface area contributed by atoms with Crippen LogP contribution in [0, 0.1) is 6.92 Å². The first-order chi connectivity index (χ1) is 14.9. The van der Waals surface area contributed by atoms with E-state index in [0.717, 1.165) is 41.7 Å². The number of nitrogens with zero attached hydrogens (tertiary/aromatic N) is 2. The lowest BCUT2D eigenvalue weighted by Crippen LogP contribution is -2.33. The van der Waals surface area contributed by atoms with Crippen molar-refractivity contribution in [3.05, 3.63) is 79.6 Å². The highest BCUT2D eigenvalue weighted by atomic mass is 79.9. The second kappa shape index (κ2) is 8.97. The molecule has 1 aromatic heterocycles. The van der Waals surface area contributed by atoms with Gasteiger partial charge in [-0.1, -0.05) is 59.6 Å². The molecule has 1 amide bonds. The highest BCUT2D eigenvalue weighted by Crippen LogP contribution is 2.38. The fourth-order valence-corrected chi connectivity index (χ4v) is 4.68. The average molecular weight is 483 g/mol. The summed E-state index contributed by atoms with van der Waals surface area (Å²) in [6, 6.07) is 12.9. The minimum atomic E-state index is -0.431. The van der Waals surface area contributed by atoms with Gasteiger partial charge in [-0.05, 0) is 56.7 Å². The molecular weight excluding hydrogens is 456 g/mol. The van der Waals surface area contributed by atoms with E-state index >= 15 is 0 Å². The first kappa shape index (κ1) is 21.8. The fraction of sp³-hybridized carbons (Fsp3) is 0.360. The Balaban J connectivity index is 1.80. The van der Waals surface area contributed by atoms with Crippen LogP contribution in [0.3, 0.4) is 0 Å². The molecular formula is C25H27BrN2O3. The van der Waals surface area contributed by atoms with Gasteiger partial charge in [0.15, 0.2) is 5.43 Å². The molecule has 0 spiro atoms. The predicted molar refractivity (Wildman–Crippen MR) is 127 cm³/mol. The number of halogens is 1. The maximum Gasteiger partial charge on any atom is 0.290 e. The molecule has 5 nitrogen and oxygen atoms in total. The van der Waals surface area contributed by atoms with E-state index < -0.39 is 6.04 Å². The highest BCUT2D eigenvalue weighted by molar-refractivity contribution is 9.10. The first-order valence-corrected chi connectivity index (χ1v) is 11.6. The van der Waals surface area contributed by atoms with Crippen molar-refractivity contribution < 1.29 is 9.21 Å². The van der Waals surface area contributed by atoms with Gasteiger partial charge >= 0.3 is 0 Å². The summed E-state index contributed by atoms with van der Waals surface area (Å²) in [7, 11) is 0. The van der Waals surface area contributed by atoms with E-state index in [9.17, 15) is 9.59 Å². The minimum Gasteiger partial charge on any atom is -0.450 e. The van der Waals surface area contributed by atoms with Crippen molar-refractivity contribution in [3.63, 3.8) is 0 Å². The van der Waals surface area contributed by atoms with Crippen LogP contribution in [0.15, 0.2) is 56.1 Å². The molecule has 2 aromatic carbocycles. The van der Waals surface area contributed by atoms with Gasteiger partial charge in [0, 0.05) is 11.0 Å². The molecule has 0 saturated carbocycles. The summed E-state index contributed by atoms with van der Waals surface area (Å²) in [5, 5.41) is 0.489.